The second-order valence-electron chi connectivity index (χ2n) is 14.9. The Bertz CT molecular complexity index is 1130. The van der Waals surface area contributed by atoms with Crippen LogP contribution < -0.4 is 5.32 Å². The molecule has 0 aromatic rings. The summed E-state index contributed by atoms with van der Waals surface area (Å²) in [6.07, 6.45) is 8.55. The van der Waals surface area contributed by atoms with Crippen LogP contribution in [-0.2, 0) is 19.0 Å². The first-order chi connectivity index (χ1) is 22.6. The molecule has 0 saturated carbocycles. The van der Waals surface area contributed by atoms with Crippen molar-refractivity contribution in [1.82, 2.24) is 15.1 Å². The first kappa shape index (κ1) is 40.2. The minimum atomic E-state index is -1.33. The highest BCUT2D eigenvalue weighted by Gasteiger charge is 2.47. The van der Waals surface area contributed by atoms with Gasteiger partial charge in [0.2, 0.25) is 0 Å². The largest absolute Gasteiger partial charge is 0.457 e. The fourth-order valence-electron chi connectivity index (χ4n) is 6.58. The number of epoxide rings is 1. The lowest BCUT2D eigenvalue weighted by Gasteiger charge is -2.37. The van der Waals surface area contributed by atoms with E-state index in [4.69, 9.17) is 14.2 Å². The summed E-state index contributed by atoms with van der Waals surface area (Å²) >= 11 is 0. The SMILES string of the molecule is CC[C@H](O)[C@@H](C)[C@H]1O[C@@H]1C[C@@](C)(O)/C=C/C=C(\C)[C@H]1OC(=O)C[C@H](C)CC[C@@](C)(O)[C@@H](OC(=O)N2CCN(CCNC)CC2)/C=C/[C@@H]1C. The zero-order valence-electron chi connectivity index (χ0n) is 30.6. The van der Waals surface area contributed by atoms with Crippen molar-refractivity contribution in [3.8, 4) is 0 Å². The van der Waals surface area contributed by atoms with Crippen LogP contribution >= 0.6 is 0 Å². The molecule has 0 aromatic carbocycles. The molecule has 3 aliphatic heterocycles. The number of piperazine rings is 1. The maximum Gasteiger partial charge on any atom is 0.410 e. The lowest BCUT2D eigenvalue weighted by Crippen LogP contribution is -2.52. The molecule has 274 valence electrons. The first-order valence-electron chi connectivity index (χ1n) is 17.9. The van der Waals surface area contributed by atoms with E-state index < -0.39 is 35.6 Å². The van der Waals surface area contributed by atoms with Gasteiger partial charge in [-0.1, -0.05) is 52.0 Å². The number of carbonyl (C=O) groups excluding carboxylic acids is 2. The zero-order chi connectivity index (χ0) is 35.6. The summed E-state index contributed by atoms with van der Waals surface area (Å²) in [5, 5.41) is 35.9. The molecular weight excluding hydrogens is 614 g/mol. The molecule has 11 heteroatoms. The van der Waals surface area contributed by atoms with Crippen LogP contribution in [0.1, 0.15) is 80.6 Å². The fourth-order valence-corrected chi connectivity index (χ4v) is 6.58. The second kappa shape index (κ2) is 18.1. The molecule has 48 heavy (non-hydrogen) atoms. The third kappa shape index (κ3) is 12.2. The van der Waals surface area contributed by atoms with E-state index >= 15 is 0 Å². The van der Waals surface area contributed by atoms with Gasteiger partial charge >= 0.3 is 12.1 Å². The van der Waals surface area contributed by atoms with Gasteiger partial charge in [0.15, 0.2) is 6.10 Å². The molecule has 10 atom stereocenters. The van der Waals surface area contributed by atoms with Crippen molar-refractivity contribution >= 4 is 12.1 Å². The summed E-state index contributed by atoms with van der Waals surface area (Å²) < 4.78 is 17.8. The molecule has 3 rings (SSSR count). The van der Waals surface area contributed by atoms with Gasteiger partial charge < -0.3 is 39.7 Å². The normalized spacial score (nSPS) is 34.4. The van der Waals surface area contributed by atoms with Crippen LogP contribution in [0.15, 0.2) is 36.0 Å². The minimum absolute atomic E-state index is 0.00536. The van der Waals surface area contributed by atoms with Crippen LogP contribution in [0.5, 0.6) is 0 Å². The van der Waals surface area contributed by atoms with Gasteiger partial charge in [0, 0.05) is 63.9 Å². The number of allylic oxidation sites excluding steroid dienone is 2. The summed E-state index contributed by atoms with van der Waals surface area (Å²) in [5.41, 5.74) is -1.67. The maximum atomic E-state index is 13.3. The Balaban J connectivity index is 1.72. The summed E-state index contributed by atoms with van der Waals surface area (Å²) in [4.78, 5) is 30.3. The van der Waals surface area contributed by atoms with Gasteiger partial charge in [-0.05, 0) is 64.6 Å². The molecule has 0 aromatic heterocycles. The van der Waals surface area contributed by atoms with Gasteiger partial charge in [-0.25, -0.2) is 4.79 Å². The molecular formula is C37H63N3O8. The van der Waals surface area contributed by atoms with Crippen LogP contribution in [-0.4, -0.2) is 125 Å². The third-order valence-corrected chi connectivity index (χ3v) is 10.2. The van der Waals surface area contributed by atoms with Crippen molar-refractivity contribution in [2.24, 2.45) is 17.8 Å². The molecule has 2 fully saturated rings. The van der Waals surface area contributed by atoms with Gasteiger partial charge in [-0.15, -0.1) is 0 Å². The Morgan fingerprint density at radius 1 is 1.25 bits per heavy atom. The van der Waals surface area contributed by atoms with E-state index in [2.05, 4.69) is 10.2 Å². The molecule has 1 amide bonds. The number of nitrogens with zero attached hydrogens (tertiary/aromatic N) is 2. The Morgan fingerprint density at radius 3 is 2.58 bits per heavy atom. The average Bonchev–Trinajstić information content (AvgIpc) is 3.80. The average molecular weight is 678 g/mol. The van der Waals surface area contributed by atoms with Gasteiger partial charge in [-0.2, -0.15) is 0 Å². The molecule has 11 nitrogen and oxygen atoms in total. The molecule has 0 bridgehead atoms. The summed E-state index contributed by atoms with van der Waals surface area (Å²) in [5.74, 6) is -0.646. The maximum absolute atomic E-state index is 13.3. The monoisotopic (exact) mass is 677 g/mol. The van der Waals surface area contributed by atoms with Gasteiger partial charge in [-0.3, -0.25) is 9.69 Å². The van der Waals surface area contributed by atoms with Crippen LogP contribution in [0.4, 0.5) is 4.79 Å². The van der Waals surface area contributed by atoms with Crippen molar-refractivity contribution < 1.29 is 39.1 Å². The highest BCUT2D eigenvalue weighted by atomic mass is 16.6. The van der Waals surface area contributed by atoms with Crippen molar-refractivity contribution in [2.45, 2.75) is 122 Å². The van der Waals surface area contributed by atoms with Gasteiger partial charge in [0.05, 0.1) is 23.9 Å². The number of cyclic esters (lactones) is 1. The number of aliphatic hydroxyl groups is 3. The van der Waals surface area contributed by atoms with E-state index in [9.17, 15) is 24.9 Å². The van der Waals surface area contributed by atoms with E-state index in [-0.39, 0.29) is 42.4 Å². The topological polar surface area (TPSA) is 144 Å². The molecule has 2 saturated heterocycles. The number of rotatable bonds is 12. The number of carbonyl (C=O) groups is 2. The van der Waals surface area contributed by atoms with Crippen molar-refractivity contribution in [3.63, 3.8) is 0 Å². The van der Waals surface area contributed by atoms with E-state index in [0.717, 1.165) is 31.8 Å². The lowest BCUT2D eigenvalue weighted by atomic mass is 9.87. The van der Waals surface area contributed by atoms with Crippen molar-refractivity contribution in [2.75, 3.05) is 46.3 Å². The van der Waals surface area contributed by atoms with E-state index in [1.165, 1.54) is 0 Å². The second-order valence-corrected chi connectivity index (χ2v) is 14.9. The van der Waals surface area contributed by atoms with Crippen LogP contribution in [0, 0.1) is 17.8 Å². The van der Waals surface area contributed by atoms with Crippen molar-refractivity contribution in [1.29, 1.82) is 0 Å². The number of esters is 1. The molecule has 0 unspecified atom stereocenters. The molecule has 0 aliphatic carbocycles. The highest BCUT2D eigenvalue weighted by molar-refractivity contribution is 5.70. The van der Waals surface area contributed by atoms with Gasteiger partial charge in [0.1, 0.15) is 11.7 Å². The minimum Gasteiger partial charge on any atom is -0.457 e. The predicted molar refractivity (Wildman–Crippen MR) is 186 cm³/mol. The number of likely N-dealkylation sites (N-methyl/N-ethyl adjacent to an activating group) is 1. The molecule has 3 aliphatic rings. The Kier molecular flexibility index (Phi) is 15.1. The Morgan fingerprint density at radius 2 is 1.94 bits per heavy atom. The quantitative estimate of drug-likeness (QED) is 0.104. The van der Waals surface area contributed by atoms with E-state index in [1.54, 1.807) is 37.0 Å². The molecule has 4 N–H and O–H groups in total. The lowest BCUT2D eigenvalue weighted by molar-refractivity contribution is -0.150. The molecule has 3 heterocycles. The number of ether oxygens (including phenoxy) is 3. The number of aliphatic hydroxyl groups excluding tert-OH is 1. The van der Waals surface area contributed by atoms with E-state index in [1.807, 2.05) is 53.8 Å². The zero-order valence-corrected chi connectivity index (χ0v) is 30.6. The standard InChI is InChI=1S/C37H63N3O8/c1-9-29(41)28(5)34-30(46-34)24-36(6,44)15-10-11-26(3)33-27(4)12-13-31(37(7,45)16-14-25(2)23-32(42)48-33)47-35(43)40-21-19-39(20-22-40)18-17-38-8/h10-13,15,25,27-31,33-34,38,41,44-45H,9,14,16-24H2,1-8H3/b13-12+,15-10+,26-11+/t25-,27+,28-,29+,30-,31+,33-,34-,36+,37-/m1/s1. The number of nitrogens with one attached hydrogen (secondary N) is 1. The third-order valence-electron chi connectivity index (χ3n) is 10.2. The Labute approximate surface area is 288 Å². The summed E-state index contributed by atoms with van der Waals surface area (Å²) in [7, 11) is 1.92. The highest BCUT2D eigenvalue weighted by Crippen LogP contribution is 2.37. The smallest absolute Gasteiger partial charge is 0.410 e. The van der Waals surface area contributed by atoms with Crippen LogP contribution in [0.25, 0.3) is 0 Å². The summed E-state index contributed by atoms with van der Waals surface area (Å²) in [6.45, 7) is 17.6. The van der Waals surface area contributed by atoms with Crippen LogP contribution in [0.2, 0.25) is 0 Å². The van der Waals surface area contributed by atoms with Gasteiger partial charge in [0.25, 0.3) is 0 Å². The molecule has 0 radical (unpaired) electrons. The Hall–Kier alpha value is -2.28. The molecule has 0 spiro atoms. The predicted octanol–water partition coefficient (Wildman–Crippen LogP) is 3.82. The number of hydrogen-bond acceptors (Lipinski definition) is 10. The number of amides is 1. The first-order valence-corrected chi connectivity index (χ1v) is 17.9. The van der Waals surface area contributed by atoms with Crippen molar-refractivity contribution in [3.05, 3.63) is 36.0 Å². The summed E-state index contributed by atoms with van der Waals surface area (Å²) in [6, 6.07) is 0. The van der Waals surface area contributed by atoms with Crippen LogP contribution in [0.3, 0.4) is 0 Å². The number of hydrogen-bond donors (Lipinski definition) is 4. The van der Waals surface area contributed by atoms with E-state index in [0.29, 0.717) is 38.8 Å². The fraction of sp³-hybridized carbons (Fsp3) is 0.784.